The predicted molar refractivity (Wildman–Crippen MR) is 101 cm³/mol. The lowest BCUT2D eigenvalue weighted by molar-refractivity contribution is -0.137. The van der Waals surface area contributed by atoms with Crippen molar-refractivity contribution >= 4 is 23.5 Å². The molecule has 148 valence electrons. The number of halogens is 1. The van der Waals surface area contributed by atoms with Crippen LogP contribution in [0, 0.1) is 5.82 Å². The van der Waals surface area contributed by atoms with Crippen LogP contribution in [0.25, 0.3) is 0 Å². The van der Waals surface area contributed by atoms with Crippen molar-refractivity contribution in [3.8, 4) is 5.75 Å². The maximum atomic E-state index is 13.6. The predicted octanol–water partition coefficient (Wildman–Crippen LogP) is 2.78. The van der Waals surface area contributed by atoms with Crippen LogP contribution in [0.3, 0.4) is 0 Å². The number of amides is 2. The highest BCUT2D eigenvalue weighted by Crippen LogP contribution is 2.20. The standard InChI is InChI=1S/C20H21FN2O5/c1-2-23(12-11-19(25)26)20(27)14-7-3-6-10-17(14)28-13-18(24)22-16-9-5-4-8-15(16)21/h3-10H,2,11-13H2,1H3,(H,22,24)(H,25,26). The number of para-hydroxylation sites is 2. The van der Waals surface area contributed by atoms with E-state index in [1.807, 2.05) is 0 Å². The lowest BCUT2D eigenvalue weighted by atomic mass is 10.1. The van der Waals surface area contributed by atoms with Gasteiger partial charge in [0.05, 0.1) is 17.7 Å². The Bertz CT molecular complexity index is 856. The Hall–Kier alpha value is -3.42. The molecule has 0 aromatic heterocycles. The van der Waals surface area contributed by atoms with Gasteiger partial charge in [-0.15, -0.1) is 0 Å². The number of ether oxygens (including phenoxy) is 1. The van der Waals surface area contributed by atoms with E-state index in [0.29, 0.717) is 6.54 Å². The van der Waals surface area contributed by atoms with Crippen LogP contribution in [0.2, 0.25) is 0 Å². The zero-order valence-electron chi connectivity index (χ0n) is 15.4. The number of carboxylic acid groups (broad SMARTS) is 1. The molecule has 28 heavy (non-hydrogen) atoms. The van der Waals surface area contributed by atoms with Crippen LogP contribution in [-0.4, -0.2) is 47.5 Å². The molecular weight excluding hydrogens is 367 g/mol. The van der Waals surface area contributed by atoms with Crippen LogP contribution in [0.15, 0.2) is 48.5 Å². The Balaban J connectivity index is 2.04. The molecule has 0 unspecified atom stereocenters. The third kappa shape index (κ3) is 5.80. The number of hydrogen-bond acceptors (Lipinski definition) is 4. The van der Waals surface area contributed by atoms with Crippen LogP contribution in [0.1, 0.15) is 23.7 Å². The van der Waals surface area contributed by atoms with Gasteiger partial charge in [0.1, 0.15) is 11.6 Å². The molecule has 0 atom stereocenters. The Morgan fingerprint density at radius 1 is 1.11 bits per heavy atom. The van der Waals surface area contributed by atoms with Gasteiger partial charge in [0.2, 0.25) is 0 Å². The normalized spacial score (nSPS) is 10.2. The minimum Gasteiger partial charge on any atom is -0.483 e. The van der Waals surface area contributed by atoms with E-state index < -0.39 is 30.2 Å². The van der Waals surface area contributed by atoms with Gasteiger partial charge < -0.3 is 20.1 Å². The number of benzene rings is 2. The summed E-state index contributed by atoms with van der Waals surface area (Å²) in [6, 6.07) is 12.1. The zero-order valence-corrected chi connectivity index (χ0v) is 15.4. The first-order chi connectivity index (χ1) is 13.4. The molecule has 0 aliphatic rings. The highest BCUT2D eigenvalue weighted by atomic mass is 19.1. The van der Waals surface area contributed by atoms with Crippen LogP contribution < -0.4 is 10.1 Å². The number of carboxylic acids is 1. The smallest absolute Gasteiger partial charge is 0.305 e. The van der Waals surface area contributed by atoms with Crippen molar-refractivity contribution in [2.24, 2.45) is 0 Å². The molecule has 0 aliphatic heterocycles. The summed E-state index contributed by atoms with van der Waals surface area (Å²) in [5.74, 6) is -2.35. The van der Waals surface area contributed by atoms with E-state index in [9.17, 15) is 18.8 Å². The zero-order chi connectivity index (χ0) is 20.5. The topological polar surface area (TPSA) is 95.9 Å². The van der Waals surface area contributed by atoms with E-state index in [1.165, 1.54) is 35.2 Å². The molecule has 0 spiro atoms. The maximum absolute atomic E-state index is 13.6. The summed E-state index contributed by atoms with van der Waals surface area (Å²) in [6.45, 7) is 1.71. The first-order valence-electron chi connectivity index (χ1n) is 8.69. The molecule has 0 heterocycles. The summed E-state index contributed by atoms with van der Waals surface area (Å²) in [4.78, 5) is 36.9. The van der Waals surface area contributed by atoms with Crippen molar-refractivity contribution in [2.75, 3.05) is 25.0 Å². The van der Waals surface area contributed by atoms with Gasteiger partial charge in [-0.05, 0) is 31.2 Å². The molecular formula is C20H21FN2O5. The van der Waals surface area contributed by atoms with Crippen LogP contribution in [0.5, 0.6) is 5.75 Å². The lowest BCUT2D eigenvalue weighted by Crippen LogP contribution is -2.33. The summed E-state index contributed by atoms with van der Waals surface area (Å²) < 4.78 is 19.0. The Morgan fingerprint density at radius 3 is 2.46 bits per heavy atom. The second kappa shape index (κ2) is 10.1. The molecule has 2 rings (SSSR count). The van der Waals surface area contributed by atoms with E-state index in [4.69, 9.17) is 9.84 Å². The second-order valence-electron chi connectivity index (χ2n) is 5.84. The molecule has 0 aliphatic carbocycles. The van der Waals surface area contributed by atoms with Gasteiger partial charge in [-0.1, -0.05) is 24.3 Å². The van der Waals surface area contributed by atoms with Crippen molar-refractivity contribution in [3.05, 3.63) is 59.9 Å². The molecule has 0 radical (unpaired) electrons. The molecule has 0 saturated carbocycles. The summed E-state index contributed by atoms with van der Waals surface area (Å²) in [7, 11) is 0. The number of carbonyl (C=O) groups is 3. The lowest BCUT2D eigenvalue weighted by Gasteiger charge is -2.21. The first-order valence-corrected chi connectivity index (χ1v) is 8.69. The van der Waals surface area contributed by atoms with E-state index >= 15 is 0 Å². The van der Waals surface area contributed by atoms with Crippen LogP contribution in [0.4, 0.5) is 10.1 Å². The van der Waals surface area contributed by atoms with Crippen LogP contribution >= 0.6 is 0 Å². The minimum atomic E-state index is -0.999. The first kappa shape index (κ1) is 20.9. The minimum absolute atomic E-state index is 0.0336. The van der Waals surface area contributed by atoms with E-state index in [0.717, 1.165) is 0 Å². The van der Waals surface area contributed by atoms with Gasteiger partial charge in [-0.3, -0.25) is 14.4 Å². The molecule has 0 fully saturated rings. The van der Waals surface area contributed by atoms with Crippen molar-refractivity contribution < 1.29 is 28.6 Å². The molecule has 2 aromatic rings. The number of aliphatic carboxylic acids is 1. The SMILES string of the molecule is CCN(CCC(=O)O)C(=O)c1ccccc1OCC(=O)Nc1ccccc1F. The molecule has 0 bridgehead atoms. The van der Waals surface area contributed by atoms with Gasteiger partial charge in [-0.25, -0.2) is 4.39 Å². The number of nitrogens with zero attached hydrogens (tertiary/aromatic N) is 1. The van der Waals surface area contributed by atoms with E-state index in [2.05, 4.69) is 5.32 Å². The molecule has 7 nitrogen and oxygen atoms in total. The quantitative estimate of drug-likeness (QED) is 0.689. The van der Waals surface area contributed by atoms with Gasteiger partial charge >= 0.3 is 5.97 Å². The summed E-state index contributed by atoms with van der Waals surface area (Å²) >= 11 is 0. The highest BCUT2D eigenvalue weighted by molar-refractivity contribution is 5.97. The molecule has 2 N–H and O–H groups in total. The molecule has 2 aromatic carbocycles. The summed E-state index contributed by atoms with van der Waals surface area (Å²) in [5, 5.41) is 11.2. The number of nitrogens with one attached hydrogen (secondary N) is 1. The average molecular weight is 388 g/mol. The van der Waals surface area contributed by atoms with Crippen molar-refractivity contribution in [1.82, 2.24) is 4.90 Å². The van der Waals surface area contributed by atoms with Gasteiger partial charge in [0.25, 0.3) is 11.8 Å². The Labute approximate surface area is 161 Å². The molecule has 2 amide bonds. The summed E-state index contributed by atoms with van der Waals surface area (Å²) in [6.07, 6.45) is -0.173. The third-order valence-electron chi connectivity index (χ3n) is 3.89. The monoisotopic (exact) mass is 388 g/mol. The van der Waals surface area contributed by atoms with Crippen molar-refractivity contribution in [1.29, 1.82) is 0 Å². The number of rotatable bonds is 9. The van der Waals surface area contributed by atoms with Crippen molar-refractivity contribution in [3.63, 3.8) is 0 Å². The fourth-order valence-corrected chi connectivity index (χ4v) is 2.47. The second-order valence-corrected chi connectivity index (χ2v) is 5.84. The number of anilines is 1. The van der Waals surface area contributed by atoms with E-state index in [-0.39, 0.29) is 30.0 Å². The number of carbonyl (C=O) groups excluding carboxylic acids is 2. The van der Waals surface area contributed by atoms with Gasteiger partial charge in [-0.2, -0.15) is 0 Å². The number of hydrogen-bond donors (Lipinski definition) is 2. The largest absolute Gasteiger partial charge is 0.483 e. The van der Waals surface area contributed by atoms with Crippen LogP contribution in [-0.2, 0) is 9.59 Å². The summed E-state index contributed by atoms with van der Waals surface area (Å²) in [5.41, 5.74) is 0.250. The van der Waals surface area contributed by atoms with E-state index in [1.54, 1.807) is 25.1 Å². The van der Waals surface area contributed by atoms with Gasteiger partial charge in [0.15, 0.2) is 6.61 Å². The Morgan fingerprint density at radius 2 is 1.79 bits per heavy atom. The molecule has 0 saturated heterocycles. The van der Waals surface area contributed by atoms with Gasteiger partial charge in [0, 0.05) is 13.1 Å². The Kier molecular flexibility index (Phi) is 7.50. The fraction of sp³-hybridized carbons (Fsp3) is 0.250. The highest BCUT2D eigenvalue weighted by Gasteiger charge is 2.19. The van der Waals surface area contributed by atoms with Crippen molar-refractivity contribution in [2.45, 2.75) is 13.3 Å². The average Bonchev–Trinajstić information content (AvgIpc) is 2.68. The third-order valence-corrected chi connectivity index (χ3v) is 3.89. The fourth-order valence-electron chi connectivity index (χ4n) is 2.47. The maximum Gasteiger partial charge on any atom is 0.305 e. The molecule has 8 heteroatoms.